The molecule has 1 saturated heterocycles. The van der Waals surface area contributed by atoms with Gasteiger partial charge >= 0.3 is 0 Å². The van der Waals surface area contributed by atoms with Crippen molar-refractivity contribution in [2.75, 3.05) is 18.8 Å². The van der Waals surface area contributed by atoms with Crippen molar-refractivity contribution in [1.82, 2.24) is 4.90 Å². The minimum absolute atomic E-state index is 0.124. The number of benzene rings is 1. The molecule has 0 amide bonds. The van der Waals surface area contributed by atoms with Gasteiger partial charge < -0.3 is 5.73 Å². The Morgan fingerprint density at radius 1 is 1.50 bits per heavy atom. The SMILES string of the molecule is CC1SCCN(C(CN)c2cccc(F)c2)C1C. The molecule has 2 nitrogen and oxygen atoms in total. The van der Waals surface area contributed by atoms with Crippen molar-refractivity contribution in [2.24, 2.45) is 5.73 Å². The lowest BCUT2D eigenvalue weighted by Crippen LogP contribution is -2.48. The van der Waals surface area contributed by atoms with Gasteiger partial charge in [-0.2, -0.15) is 11.8 Å². The topological polar surface area (TPSA) is 29.3 Å². The zero-order valence-electron chi connectivity index (χ0n) is 11.0. The average molecular weight is 268 g/mol. The number of nitrogens with zero attached hydrogens (tertiary/aromatic N) is 1. The molecule has 100 valence electrons. The summed E-state index contributed by atoms with van der Waals surface area (Å²) in [5.74, 6) is 0.940. The predicted molar refractivity (Wildman–Crippen MR) is 76.3 cm³/mol. The van der Waals surface area contributed by atoms with Crippen molar-refractivity contribution in [1.29, 1.82) is 0 Å². The van der Waals surface area contributed by atoms with Crippen LogP contribution >= 0.6 is 11.8 Å². The summed E-state index contributed by atoms with van der Waals surface area (Å²) in [6.45, 7) is 6.04. The molecule has 3 unspecified atom stereocenters. The van der Waals surface area contributed by atoms with Gasteiger partial charge in [-0.05, 0) is 24.6 Å². The van der Waals surface area contributed by atoms with Crippen molar-refractivity contribution in [3.8, 4) is 0 Å². The second-order valence-corrected chi connectivity index (χ2v) is 6.35. The summed E-state index contributed by atoms with van der Waals surface area (Å²) in [5, 5.41) is 0.598. The molecule has 1 aromatic rings. The summed E-state index contributed by atoms with van der Waals surface area (Å²) in [6, 6.07) is 7.42. The largest absolute Gasteiger partial charge is 0.329 e. The van der Waals surface area contributed by atoms with Crippen LogP contribution in [-0.4, -0.2) is 35.0 Å². The van der Waals surface area contributed by atoms with Gasteiger partial charge in [0.1, 0.15) is 5.82 Å². The van der Waals surface area contributed by atoms with E-state index in [1.54, 1.807) is 12.1 Å². The highest BCUT2D eigenvalue weighted by atomic mass is 32.2. The highest BCUT2D eigenvalue weighted by molar-refractivity contribution is 8.00. The Balaban J connectivity index is 2.22. The van der Waals surface area contributed by atoms with E-state index in [1.807, 2.05) is 17.8 Å². The lowest BCUT2D eigenvalue weighted by molar-refractivity contribution is 0.150. The second kappa shape index (κ2) is 6.04. The molecule has 0 bridgehead atoms. The van der Waals surface area contributed by atoms with E-state index in [4.69, 9.17) is 5.73 Å². The van der Waals surface area contributed by atoms with Gasteiger partial charge in [0.25, 0.3) is 0 Å². The molecule has 0 spiro atoms. The van der Waals surface area contributed by atoms with Crippen LogP contribution in [0.15, 0.2) is 24.3 Å². The Kier molecular flexibility index (Phi) is 4.65. The molecule has 1 heterocycles. The summed E-state index contributed by atoms with van der Waals surface area (Å²) in [7, 11) is 0. The molecule has 4 heteroatoms. The van der Waals surface area contributed by atoms with Gasteiger partial charge in [-0.25, -0.2) is 4.39 Å². The molecule has 2 rings (SSSR count). The average Bonchev–Trinajstić information content (AvgIpc) is 2.35. The quantitative estimate of drug-likeness (QED) is 0.914. The zero-order valence-corrected chi connectivity index (χ0v) is 11.8. The molecule has 2 N–H and O–H groups in total. The lowest BCUT2D eigenvalue weighted by Gasteiger charge is -2.42. The van der Waals surface area contributed by atoms with Crippen LogP contribution < -0.4 is 5.73 Å². The number of nitrogens with two attached hydrogens (primary N) is 1. The molecular weight excluding hydrogens is 247 g/mol. The number of halogens is 1. The Morgan fingerprint density at radius 2 is 2.28 bits per heavy atom. The first-order valence-corrected chi connectivity index (χ1v) is 7.51. The molecule has 1 fully saturated rings. The van der Waals surface area contributed by atoms with Crippen molar-refractivity contribution in [3.05, 3.63) is 35.6 Å². The maximum absolute atomic E-state index is 13.3. The molecule has 3 atom stereocenters. The van der Waals surface area contributed by atoms with Crippen LogP contribution in [0.2, 0.25) is 0 Å². The minimum atomic E-state index is -0.182. The number of thioether (sulfide) groups is 1. The van der Waals surface area contributed by atoms with E-state index in [9.17, 15) is 4.39 Å². The van der Waals surface area contributed by atoms with E-state index in [0.717, 1.165) is 17.9 Å². The van der Waals surface area contributed by atoms with E-state index in [0.29, 0.717) is 17.8 Å². The maximum Gasteiger partial charge on any atom is 0.123 e. The van der Waals surface area contributed by atoms with E-state index < -0.39 is 0 Å². The molecule has 0 saturated carbocycles. The fourth-order valence-corrected chi connectivity index (χ4v) is 3.70. The second-order valence-electron chi connectivity index (χ2n) is 4.86. The number of hydrogen-bond donors (Lipinski definition) is 1. The van der Waals surface area contributed by atoms with Gasteiger partial charge in [-0.3, -0.25) is 4.90 Å². The van der Waals surface area contributed by atoms with Gasteiger partial charge in [0, 0.05) is 36.2 Å². The van der Waals surface area contributed by atoms with Crippen LogP contribution in [-0.2, 0) is 0 Å². The van der Waals surface area contributed by atoms with Crippen molar-refractivity contribution in [3.63, 3.8) is 0 Å². The number of hydrogen-bond acceptors (Lipinski definition) is 3. The smallest absolute Gasteiger partial charge is 0.123 e. The van der Waals surface area contributed by atoms with Gasteiger partial charge in [0.2, 0.25) is 0 Å². The molecule has 1 aliphatic heterocycles. The predicted octanol–water partition coefficient (Wildman–Crippen LogP) is 2.65. The fourth-order valence-electron chi connectivity index (χ4n) is 2.57. The van der Waals surface area contributed by atoms with Gasteiger partial charge in [-0.15, -0.1) is 0 Å². The first-order valence-electron chi connectivity index (χ1n) is 6.46. The fraction of sp³-hybridized carbons (Fsp3) is 0.571. The summed E-state index contributed by atoms with van der Waals surface area (Å²) in [6.07, 6.45) is 0. The van der Waals surface area contributed by atoms with Crippen LogP contribution in [0.3, 0.4) is 0 Å². The van der Waals surface area contributed by atoms with E-state index >= 15 is 0 Å². The van der Waals surface area contributed by atoms with E-state index in [2.05, 4.69) is 18.7 Å². The third-order valence-corrected chi connectivity index (χ3v) is 5.13. The molecule has 0 aromatic heterocycles. The van der Waals surface area contributed by atoms with Crippen molar-refractivity contribution >= 4 is 11.8 Å². The maximum atomic E-state index is 13.3. The Labute approximate surface area is 113 Å². The Hall–Kier alpha value is -0.580. The van der Waals surface area contributed by atoms with Crippen LogP contribution in [0.5, 0.6) is 0 Å². The molecule has 0 aliphatic carbocycles. The molecule has 18 heavy (non-hydrogen) atoms. The van der Waals surface area contributed by atoms with E-state index in [-0.39, 0.29) is 11.9 Å². The van der Waals surface area contributed by atoms with Crippen LogP contribution in [0.25, 0.3) is 0 Å². The molecule has 0 radical (unpaired) electrons. The monoisotopic (exact) mass is 268 g/mol. The van der Waals surface area contributed by atoms with Crippen LogP contribution in [0.4, 0.5) is 4.39 Å². The Bertz CT molecular complexity index is 399. The third-order valence-electron chi connectivity index (χ3n) is 3.79. The zero-order chi connectivity index (χ0) is 13.1. The molecular formula is C14H21FN2S. The normalized spacial score (nSPS) is 27.1. The first-order chi connectivity index (χ1) is 8.63. The van der Waals surface area contributed by atoms with E-state index in [1.165, 1.54) is 6.07 Å². The third kappa shape index (κ3) is 2.87. The summed E-state index contributed by atoms with van der Waals surface area (Å²) >= 11 is 2.00. The summed E-state index contributed by atoms with van der Waals surface area (Å²) in [5.41, 5.74) is 6.91. The van der Waals surface area contributed by atoms with Gasteiger partial charge in [-0.1, -0.05) is 19.1 Å². The van der Waals surface area contributed by atoms with Gasteiger partial charge in [0.15, 0.2) is 0 Å². The lowest BCUT2D eigenvalue weighted by atomic mass is 10.0. The first kappa shape index (κ1) is 13.8. The summed E-state index contributed by atoms with van der Waals surface area (Å²) in [4.78, 5) is 2.41. The standard InChI is InChI=1S/C14H21FN2S/c1-10-11(2)18-7-6-17(10)14(9-16)12-4-3-5-13(15)8-12/h3-5,8,10-11,14H,6-7,9,16H2,1-2H3. The van der Waals surface area contributed by atoms with Crippen LogP contribution in [0, 0.1) is 5.82 Å². The van der Waals surface area contributed by atoms with Crippen molar-refractivity contribution < 1.29 is 4.39 Å². The van der Waals surface area contributed by atoms with Crippen LogP contribution in [0.1, 0.15) is 25.5 Å². The molecule has 1 aliphatic rings. The Morgan fingerprint density at radius 3 is 2.94 bits per heavy atom. The summed E-state index contributed by atoms with van der Waals surface area (Å²) < 4.78 is 13.3. The minimum Gasteiger partial charge on any atom is -0.329 e. The molecule has 1 aromatic carbocycles. The highest BCUT2D eigenvalue weighted by Crippen LogP contribution is 2.31. The number of rotatable bonds is 3. The highest BCUT2D eigenvalue weighted by Gasteiger charge is 2.30. The van der Waals surface area contributed by atoms with Gasteiger partial charge in [0.05, 0.1) is 0 Å². The van der Waals surface area contributed by atoms with Crippen molar-refractivity contribution in [2.45, 2.75) is 31.2 Å².